The van der Waals surface area contributed by atoms with Gasteiger partial charge in [0.05, 0.1) is 6.54 Å². The van der Waals surface area contributed by atoms with E-state index in [1.54, 1.807) is 24.3 Å². The van der Waals surface area contributed by atoms with Crippen LogP contribution in [-0.4, -0.2) is 42.4 Å². The number of hydrogen-bond donors (Lipinski definition) is 3. The minimum absolute atomic E-state index is 0.000885. The third-order valence-corrected chi connectivity index (χ3v) is 2.35. The zero-order chi connectivity index (χ0) is 14.1. The van der Waals surface area contributed by atoms with Gasteiger partial charge < -0.3 is 15.7 Å². The second-order valence-corrected chi connectivity index (χ2v) is 3.89. The van der Waals surface area contributed by atoms with Crippen molar-refractivity contribution < 1.29 is 19.5 Å². The zero-order valence-corrected chi connectivity index (χ0v) is 10.4. The fraction of sp³-hybridized carbons (Fsp3) is 0.308. The summed E-state index contributed by atoms with van der Waals surface area (Å²) in [5.74, 6) is -1.50. The highest BCUT2D eigenvalue weighted by Gasteiger charge is 2.06. The van der Waals surface area contributed by atoms with E-state index in [4.69, 9.17) is 5.11 Å². The summed E-state index contributed by atoms with van der Waals surface area (Å²) in [5.41, 5.74) is 0.639. The van der Waals surface area contributed by atoms with Gasteiger partial charge >= 0.3 is 5.97 Å². The number of carbonyl (C=O) groups is 3. The third-order valence-electron chi connectivity index (χ3n) is 2.35. The number of aliphatic carboxylic acids is 1. The van der Waals surface area contributed by atoms with Crippen LogP contribution >= 0.6 is 0 Å². The molecule has 6 nitrogen and oxygen atoms in total. The van der Waals surface area contributed by atoms with E-state index in [1.807, 2.05) is 6.07 Å². The number of nitrogens with one attached hydrogen (secondary N) is 2. The fourth-order valence-corrected chi connectivity index (χ4v) is 1.41. The van der Waals surface area contributed by atoms with E-state index in [2.05, 4.69) is 10.6 Å². The molecule has 0 radical (unpaired) electrons. The highest BCUT2D eigenvalue weighted by atomic mass is 16.4. The van der Waals surface area contributed by atoms with Crippen molar-refractivity contribution in [1.82, 2.24) is 10.6 Å². The molecule has 3 N–H and O–H groups in total. The van der Waals surface area contributed by atoms with Crippen molar-refractivity contribution in [3.8, 4) is 0 Å². The Morgan fingerprint density at radius 1 is 1.05 bits per heavy atom. The van der Waals surface area contributed by atoms with Gasteiger partial charge in [-0.15, -0.1) is 0 Å². The molecule has 0 saturated carbocycles. The maximum Gasteiger partial charge on any atom is 0.322 e. The Morgan fingerprint density at radius 2 is 1.74 bits per heavy atom. The normalized spacial score (nSPS) is 9.89. The van der Waals surface area contributed by atoms with Crippen LogP contribution < -0.4 is 10.6 Å². The molecule has 0 spiro atoms. The van der Waals surface area contributed by atoms with Crippen molar-refractivity contribution in [2.24, 2.45) is 0 Å². The number of hydrogen-bond acceptors (Lipinski definition) is 4. The van der Waals surface area contributed by atoms with Gasteiger partial charge in [-0.2, -0.15) is 0 Å². The highest BCUT2D eigenvalue weighted by Crippen LogP contribution is 2.01. The molecule has 102 valence electrons. The minimum atomic E-state index is -1.09. The summed E-state index contributed by atoms with van der Waals surface area (Å²) >= 11 is 0. The molecular formula is C13H16N2O4. The van der Waals surface area contributed by atoms with Crippen molar-refractivity contribution in [3.05, 3.63) is 35.9 Å². The van der Waals surface area contributed by atoms with Gasteiger partial charge in [0, 0.05) is 18.5 Å². The third kappa shape index (κ3) is 6.32. The van der Waals surface area contributed by atoms with Gasteiger partial charge in [-0.3, -0.25) is 14.4 Å². The summed E-state index contributed by atoms with van der Waals surface area (Å²) in [6.45, 7) is -0.0347. The summed E-state index contributed by atoms with van der Waals surface area (Å²) < 4.78 is 0. The van der Waals surface area contributed by atoms with Gasteiger partial charge in [0.25, 0.3) is 0 Å². The van der Waals surface area contributed by atoms with Gasteiger partial charge in [-0.05, 0) is 0 Å². The number of rotatable bonds is 8. The van der Waals surface area contributed by atoms with Crippen LogP contribution in [0.25, 0.3) is 0 Å². The molecule has 1 aromatic rings. The van der Waals surface area contributed by atoms with Crippen molar-refractivity contribution in [2.75, 3.05) is 19.6 Å². The van der Waals surface area contributed by atoms with Crippen LogP contribution in [0.4, 0.5) is 0 Å². The number of carboxylic acids is 1. The maximum absolute atomic E-state index is 11.7. The summed E-state index contributed by atoms with van der Waals surface area (Å²) in [6.07, 6.45) is 0.288. The zero-order valence-electron chi connectivity index (χ0n) is 10.4. The molecule has 0 unspecified atom stereocenters. The Bertz CT molecular complexity index is 445. The van der Waals surface area contributed by atoms with Gasteiger partial charge in [0.15, 0.2) is 5.78 Å². The lowest BCUT2D eigenvalue weighted by atomic mass is 10.1. The molecule has 6 heteroatoms. The van der Waals surface area contributed by atoms with Crippen LogP contribution in [0.1, 0.15) is 16.8 Å². The van der Waals surface area contributed by atoms with Crippen molar-refractivity contribution in [2.45, 2.75) is 6.42 Å². The summed E-state index contributed by atoms with van der Waals surface area (Å²) in [6, 6.07) is 8.89. The largest absolute Gasteiger partial charge is 0.480 e. The molecule has 0 saturated heterocycles. The molecule has 0 aliphatic carbocycles. The minimum Gasteiger partial charge on any atom is -0.480 e. The topological polar surface area (TPSA) is 95.5 Å². The van der Waals surface area contributed by atoms with Crippen LogP contribution in [0.3, 0.4) is 0 Å². The molecule has 0 bridgehead atoms. The van der Waals surface area contributed by atoms with Gasteiger partial charge in [0.1, 0.15) is 6.54 Å². The molecule has 19 heavy (non-hydrogen) atoms. The number of benzene rings is 1. The number of carbonyl (C=O) groups excluding carboxylic acids is 2. The van der Waals surface area contributed by atoms with E-state index in [0.717, 1.165) is 0 Å². The second kappa shape index (κ2) is 7.99. The Morgan fingerprint density at radius 3 is 2.37 bits per heavy atom. The lowest BCUT2D eigenvalue weighted by Gasteiger charge is -2.04. The van der Waals surface area contributed by atoms with Crippen molar-refractivity contribution >= 4 is 17.7 Å². The predicted octanol–water partition coefficient (Wildman–Crippen LogP) is 0.0498. The summed E-state index contributed by atoms with van der Waals surface area (Å²) in [5, 5.41) is 13.4. The van der Waals surface area contributed by atoms with Crippen molar-refractivity contribution in [1.29, 1.82) is 0 Å². The highest BCUT2D eigenvalue weighted by molar-refractivity contribution is 5.96. The first-order valence-electron chi connectivity index (χ1n) is 5.87. The molecule has 0 aliphatic heterocycles. The average molecular weight is 264 g/mol. The van der Waals surface area contributed by atoms with E-state index < -0.39 is 18.4 Å². The maximum atomic E-state index is 11.7. The summed E-state index contributed by atoms with van der Waals surface area (Å²) in [4.78, 5) is 33.0. The van der Waals surface area contributed by atoms with E-state index in [-0.39, 0.29) is 18.7 Å². The van der Waals surface area contributed by atoms with E-state index >= 15 is 0 Å². The summed E-state index contributed by atoms with van der Waals surface area (Å²) in [7, 11) is 0. The van der Waals surface area contributed by atoms with Crippen LogP contribution in [0, 0.1) is 0 Å². The number of amides is 1. The molecule has 0 aromatic heterocycles. The van der Waals surface area contributed by atoms with Gasteiger partial charge in [-0.25, -0.2) is 0 Å². The fourth-order valence-electron chi connectivity index (χ4n) is 1.41. The monoisotopic (exact) mass is 264 g/mol. The quantitative estimate of drug-likeness (QED) is 0.455. The molecular weight excluding hydrogens is 248 g/mol. The lowest BCUT2D eigenvalue weighted by Crippen LogP contribution is -2.37. The number of Topliss-reactive ketones (excluding diaryl/α,β-unsaturated/α-hetero) is 1. The van der Waals surface area contributed by atoms with Crippen LogP contribution in [0.2, 0.25) is 0 Å². The van der Waals surface area contributed by atoms with Crippen LogP contribution in [-0.2, 0) is 9.59 Å². The average Bonchev–Trinajstić information content (AvgIpc) is 2.42. The Kier molecular flexibility index (Phi) is 6.25. The molecule has 0 atom stereocenters. The number of ketones is 1. The van der Waals surface area contributed by atoms with Gasteiger partial charge in [0.2, 0.25) is 5.91 Å². The first-order chi connectivity index (χ1) is 9.09. The molecule has 1 amide bonds. The lowest BCUT2D eigenvalue weighted by molar-refractivity contribution is -0.137. The Hall–Kier alpha value is -2.21. The second-order valence-electron chi connectivity index (χ2n) is 3.89. The Labute approximate surface area is 110 Å². The van der Waals surface area contributed by atoms with E-state index in [9.17, 15) is 14.4 Å². The molecule has 0 aliphatic rings. The first-order valence-corrected chi connectivity index (χ1v) is 5.87. The van der Waals surface area contributed by atoms with Gasteiger partial charge in [-0.1, -0.05) is 30.3 Å². The van der Waals surface area contributed by atoms with E-state index in [1.165, 1.54) is 0 Å². The standard InChI is InChI=1S/C13H16N2O4/c16-11(10-4-2-1-3-5-10)6-7-14-8-12(17)15-9-13(18)19/h1-5,14H,6-9H2,(H,15,17)(H,18,19). The first kappa shape index (κ1) is 14.8. The molecule has 1 rings (SSSR count). The van der Waals surface area contributed by atoms with E-state index in [0.29, 0.717) is 12.1 Å². The Balaban J connectivity index is 2.16. The van der Waals surface area contributed by atoms with Crippen molar-refractivity contribution in [3.63, 3.8) is 0 Å². The van der Waals surface area contributed by atoms with Crippen LogP contribution in [0.15, 0.2) is 30.3 Å². The number of carboxylic acid groups (broad SMARTS) is 1. The predicted molar refractivity (Wildman–Crippen MR) is 68.9 cm³/mol. The molecule has 0 heterocycles. The molecule has 1 aromatic carbocycles. The van der Waals surface area contributed by atoms with Crippen LogP contribution in [0.5, 0.6) is 0 Å². The SMILES string of the molecule is O=C(O)CNC(=O)CNCCC(=O)c1ccccc1. The smallest absolute Gasteiger partial charge is 0.322 e. The molecule has 0 fully saturated rings.